The molecule has 4 rings (SSSR count). The highest BCUT2D eigenvalue weighted by Crippen LogP contribution is 2.24. The van der Waals surface area contributed by atoms with E-state index in [0.29, 0.717) is 0 Å². The molecule has 2 aliphatic rings. The number of benzene rings is 2. The number of hydrogen-bond donors (Lipinski definition) is 0. The normalized spacial score (nSPS) is 14.2. The number of rotatable bonds is 2. The lowest BCUT2D eigenvalue weighted by molar-refractivity contribution is 1.42. The van der Waals surface area contributed by atoms with E-state index in [0.717, 1.165) is 24.0 Å². The van der Waals surface area contributed by atoms with Gasteiger partial charge in [0, 0.05) is 11.1 Å². The van der Waals surface area contributed by atoms with E-state index >= 15 is 0 Å². The van der Waals surface area contributed by atoms with Gasteiger partial charge in [-0.05, 0) is 71.2 Å². The van der Waals surface area contributed by atoms with Gasteiger partial charge >= 0.3 is 0 Å². The first-order valence-corrected chi connectivity index (χ1v) is 8.83. The van der Waals surface area contributed by atoms with E-state index in [1.54, 1.807) is 0 Å². The van der Waals surface area contributed by atoms with Crippen molar-refractivity contribution in [1.82, 2.24) is 0 Å². The predicted molar refractivity (Wildman–Crippen MR) is 110 cm³/mol. The third kappa shape index (κ3) is 3.77. The van der Waals surface area contributed by atoms with Gasteiger partial charge in [0.15, 0.2) is 0 Å². The fraction of sp³-hybridized carbons (Fsp3) is 0.0769. The van der Waals surface area contributed by atoms with Crippen LogP contribution in [-0.4, -0.2) is 0 Å². The lowest BCUT2D eigenvalue weighted by atomic mass is 10.0. The Morgan fingerprint density at radius 1 is 0.615 bits per heavy atom. The molecule has 0 atom stereocenters. The number of hydrogen-bond acceptors (Lipinski definition) is 0. The van der Waals surface area contributed by atoms with E-state index in [1.165, 1.54) is 22.3 Å². The van der Waals surface area contributed by atoms with Crippen molar-refractivity contribution >= 4 is 11.1 Å². The monoisotopic (exact) mass is 330 g/mol. The van der Waals surface area contributed by atoms with Gasteiger partial charge in [0.05, 0.1) is 0 Å². The molecule has 0 bridgehead atoms. The summed E-state index contributed by atoms with van der Waals surface area (Å²) in [7, 11) is 0. The van der Waals surface area contributed by atoms with Crippen molar-refractivity contribution in [2.75, 3.05) is 0 Å². The molecule has 0 N–H and O–H groups in total. The Kier molecular flexibility index (Phi) is 4.68. The van der Waals surface area contributed by atoms with E-state index < -0.39 is 0 Å². The topological polar surface area (TPSA) is 0 Å². The fourth-order valence-electron chi connectivity index (χ4n) is 3.12. The predicted octanol–water partition coefficient (Wildman–Crippen LogP) is 5.78. The molecule has 122 valence electrons. The lowest BCUT2D eigenvalue weighted by Crippen LogP contribution is -1.83. The minimum atomic E-state index is 0.999. The SMILES string of the molecule is C(C#Cc1cccc(C2=CC=CC2)c1)#Cc1cccc(C2=CC=CC2)c1. The van der Waals surface area contributed by atoms with Gasteiger partial charge in [0.1, 0.15) is 0 Å². The van der Waals surface area contributed by atoms with Gasteiger partial charge in [0.25, 0.3) is 0 Å². The molecule has 0 aromatic heterocycles. The van der Waals surface area contributed by atoms with Crippen molar-refractivity contribution < 1.29 is 0 Å². The molecule has 0 spiro atoms. The zero-order valence-corrected chi connectivity index (χ0v) is 14.5. The third-order valence-electron chi connectivity index (χ3n) is 4.49. The first kappa shape index (κ1) is 16.0. The molecule has 0 saturated carbocycles. The van der Waals surface area contributed by atoms with Crippen LogP contribution in [0.1, 0.15) is 35.1 Å². The summed E-state index contributed by atoms with van der Waals surface area (Å²) in [6.45, 7) is 0. The van der Waals surface area contributed by atoms with Crippen LogP contribution < -0.4 is 0 Å². The molecule has 0 saturated heterocycles. The molecule has 0 nitrogen and oxygen atoms in total. The maximum atomic E-state index is 3.16. The Balaban J connectivity index is 1.49. The minimum absolute atomic E-state index is 0.999. The molecule has 2 aromatic carbocycles. The fourth-order valence-corrected chi connectivity index (χ4v) is 3.12. The van der Waals surface area contributed by atoms with Gasteiger partial charge in [-0.3, -0.25) is 0 Å². The van der Waals surface area contributed by atoms with Gasteiger partial charge in [-0.25, -0.2) is 0 Å². The molecule has 0 heterocycles. The summed E-state index contributed by atoms with van der Waals surface area (Å²) < 4.78 is 0. The van der Waals surface area contributed by atoms with Crippen LogP contribution in [0.3, 0.4) is 0 Å². The second-order valence-electron chi connectivity index (χ2n) is 6.31. The van der Waals surface area contributed by atoms with Crippen LogP contribution in [0.25, 0.3) is 11.1 Å². The molecule has 0 aliphatic heterocycles. The Hall–Kier alpha value is -3.48. The second-order valence-corrected chi connectivity index (χ2v) is 6.31. The number of allylic oxidation sites excluding steroid dienone is 8. The Morgan fingerprint density at radius 3 is 1.54 bits per heavy atom. The van der Waals surface area contributed by atoms with Crippen molar-refractivity contribution in [3.05, 3.63) is 107 Å². The van der Waals surface area contributed by atoms with E-state index in [4.69, 9.17) is 0 Å². The standard InChI is InChI=1S/C26H18/c1(9-21-11-7-17-25(19-21)23-13-3-4-14-23)2-10-22-12-8-18-26(20-22)24-15-5-6-16-24/h3-8,11-13,15,17-20H,14,16H2. The molecular formula is C26H18. The van der Waals surface area contributed by atoms with Crippen LogP contribution in [0.5, 0.6) is 0 Å². The van der Waals surface area contributed by atoms with Crippen LogP contribution in [0, 0.1) is 23.7 Å². The molecule has 2 aromatic rings. The van der Waals surface area contributed by atoms with Crippen molar-refractivity contribution in [2.45, 2.75) is 12.8 Å². The summed E-state index contributed by atoms with van der Waals surface area (Å²) >= 11 is 0. The van der Waals surface area contributed by atoms with Gasteiger partial charge in [-0.2, -0.15) is 0 Å². The van der Waals surface area contributed by atoms with Crippen LogP contribution in [0.4, 0.5) is 0 Å². The maximum absolute atomic E-state index is 3.16. The highest BCUT2D eigenvalue weighted by atomic mass is 14.1. The van der Waals surface area contributed by atoms with Gasteiger partial charge < -0.3 is 0 Å². The summed E-state index contributed by atoms with van der Waals surface area (Å²) in [5, 5.41) is 0. The highest BCUT2D eigenvalue weighted by molar-refractivity contribution is 5.72. The van der Waals surface area contributed by atoms with Crippen molar-refractivity contribution in [2.24, 2.45) is 0 Å². The Labute approximate surface area is 155 Å². The Morgan fingerprint density at radius 2 is 1.12 bits per heavy atom. The van der Waals surface area contributed by atoms with Crippen molar-refractivity contribution in [3.63, 3.8) is 0 Å². The van der Waals surface area contributed by atoms with E-state index in [1.807, 2.05) is 12.1 Å². The average Bonchev–Trinajstić information content (AvgIpc) is 3.40. The maximum Gasteiger partial charge on any atom is 0.0261 e. The molecule has 2 aliphatic carbocycles. The van der Waals surface area contributed by atoms with Crippen molar-refractivity contribution in [1.29, 1.82) is 0 Å². The summed E-state index contributed by atoms with van der Waals surface area (Å²) in [6, 6.07) is 16.7. The molecular weight excluding hydrogens is 312 g/mol. The molecule has 0 heteroatoms. The van der Waals surface area contributed by atoms with Gasteiger partial charge in [0.2, 0.25) is 0 Å². The largest absolute Gasteiger partial charge is 0.0801 e. The zero-order chi connectivity index (χ0) is 17.6. The molecule has 26 heavy (non-hydrogen) atoms. The van der Waals surface area contributed by atoms with E-state index in [9.17, 15) is 0 Å². The van der Waals surface area contributed by atoms with Crippen LogP contribution in [0.2, 0.25) is 0 Å². The molecule has 0 fully saturated rings. The summed E-state index contributed by atoms with van der Waals surface area (Å²) in [6.07, 6.45) is 14.9. The highest BCUT2D eigenvalue weighted by Gasteiger charge is 2.03. The molecule has 0 radical (unpaired) electrons. The molecule has 0 unspecified atom stereocenters. The second kappa shape index (κ2) is 7.60. The zero-order valence-electron chi connectivity index (χ0n) is 14.5. The Bertz CT molecular complexity index is 990. The van der Waals surface area contributed by atoms with Crippen LogP contribution >= 0.6 is 0 Å². The molecule has 0 amide bonds. The van der Waals surface area contributed by atoms with E-state index in [2.05, 4.69) is 96.5 Å². The van der Waals surface area contributed by atoms with Gasteiger partial charge in [-0.15, -0.1) is 0 Å². The summed E-state index contributed by atoms with van der Waals surface area (Å²) in [4.78, 5) is 0. The van der Waals surface area contributed by atoms with Gasteiger partial charge in [-0.1, -0.05) is 72.6 Å². The minimum Gasteiger partial charge on any atom is -0.0801 e. The first-order chi connectivity index (χ1) is 12.9. The average molecular weight is 330 g/mol. The quantitative estimate of drug-likeness (QED) is 0.613. The smallest absolute Gasteiger partial charge is 0.0261 e. The third-order valence-corrected chi connectivity index (χ3v) is 4.49. The van der Waals surface area contributed by atoms with Crippen LogP contribution in [-0.2, 0) is 0 Å². The summed E-state index contributed by atoms with van der Waals surface area (Å²) in [5.41, 5.74) is 7.16. The van der Waals surface area contributed by atoms with E-state index in [-0.39, 0.29) is 0 Å². The van der Waals surface area contributed by atoms with Crippen molar-refractivity contribution in [3.8, 4) is 23.7 Å². The van der Waals surface area contributed by atoms with Crippen LogP contribution in [0.15, 0.2) is 85.0 Å². The summed E-state index contributed by atoms with van der Waals surface area (Å²) in [5.74, 6) is 12.3. The lowest BCUT2D eigenvalue weighted by Gasteiger charge is -2.02. The first-order valence-electron chi connectivity index (χ1n) is 8.83.